The van der Waals surface area contributed by atoms with E-state index in [0.29, 0.717) is 40.4 Å². The Balaban J connectivity index is 1.29. The van der Waals surface area contributed by atoms with E-state index in [1.54, 1.807) is 35.1 Å². The molecule has 1 saturated heterocycles. The molecule has 210 valence electrons. The van der Waals surface area contributed by atoms with E-state index in [1.807, 2.05) is 24.3 Å². The average molecular weight is 562 g/mol. The van der Waals surface area contributed by atoms with E-state index < -0.39 is 0 Å². The van der Waals surface area contributed by atoms with Gasteiger partial charge in [0.15, 0.2) is 23.4 Å². The summed E-state index contributed by atoms with van der Waals surface area (Å²) in [5.41, 5.74) is 3.00. The maximum Gasteiger partial charge on any atom is 0.284 e. The number of pyridine rings is 1. The molecule has 12 heteroatoms. The fourth-order valence-electron chi connectivity index (χ4n) is 5.24. The minimum absolute atomic E-state index is 0.0820. The SMILES string of the molecule is CN1CCN(c2ccc(Nc3ncc4c(=O)n5c(nc4n3)c3ccc(OCC=O)cc3n5-c3ccccn3)cc2)CC1. The summed E-state index contributed by atoms with van der Waals surface area (Å²) >= 11 is 0. The van der Waals surface area contributed by atoms with Gasteiger partial charge < -0.3 is 19.9 Å². The Morgan fingerprint density at radius 1 is 0.952 bits per heavy atom. The Bertz CT molecular complexity index is 1980. The number of piperazine rings is 1. The van der Waals surface area contributed by atoms with Gasteiger partial charge in [0.05, 0.1) is 5.52 Å². The highest BCUT2D eigenvalue weighted by Gasteiger charge is 2.20. The second kappa shape index (κ2) is 10.6. The number of ether oxygens (including phenoxy) is 1. The number of rotatable bonds is 7. The van der Waals surface area contributed by atoms with Crippen LogP contribution in [0.25, 0.3) is 33.4 Å². The highest BCUT2D eigenvalue weighted by Crippen LogP contribution is 2.28. The molecular weight excluding hydrogens is 534 g/mol. The number of nitrogens with zero attached hydrogens (tertiary/aromatic N) is 8. The number of benzene rings is 2. The second-order valence-electron chi connectivity index (χ2n) is 10.1. The summed E-state index contributed by atoms with van der Waals surface area (Å²) in [5, 5.41) is 4.20. The first-order valence-corrected chi connectivity index (χ1v) is 13.6. The number of carbonyl (C=O) groups excluding carboxylic acids is 1. The number of anilines is 3. The van der Waals surface area contributed by atoms with Crippen LogP contribution in [0.15, 0.2) is 77.9 Å². The molecule has 1 aliphatic rings. The standard InChI is InChI=1S/C30H27N9O3/c1-36-12-14-37(15-13-36)21-7-5-20(6-8-21)33-30-32-19-24-27(35-30)34-28-23-10-9-22(42-17-16-40)18-25(23)38(39(28)29(24)41)26-4-2-3-11-31-26/h2-11,16,18-19H,12-15,17H2,1H3,(H,32,33,35). The summed E-state index contributed by atoms with van der Waals surface area (Å²) in [6.07, 6.45) is 3.82. The quantitative estimate of drug-likeness (QED) is 0.291. The van der Waals surface area contributed by atoms with Crippen molar-refractivity contribution in [1.29, 1.82) is 0 Å². The van der Waals surface area contributed by atoms with Crippen LogP contribution >= 0.6 is 0 Å². The van der Waals surface area contributed by atoms with Crippen molar-refractivity contribution < 1.29 is 9.53 Å². The van der Waals surface area contributed by atoms with Crippen LogP contribution < -0.4 is 20.5 Å². The van der Waals surface area contributed by atoms with Crippen molar-refractivity contribution in [2.24, 2.45) is 0 Å². The lowest BCUT2D eigenvalue weighted by Gasteiger charge is -2.34. The number of hydrogen-bond acceptors (Lipinski definition) is 10. The third-order valence-corrected chi connectivity index (χ3v) is 7.42. The van der Waals surface area contributed by atoms with Crippen LogP contribution in [0.5, 0.6) is 5.75 Å². The molecule has 1 fully saturated rings. The van der Waals surface area contributed by atoms with Crippen LogP contribution in [0, 0.1) is 0 Å². The smallest absolute Gasteiger partial charge is 0.284 e. The van der Waals surface area contributed by atoms with E-state index in [9.17, 15) is 9.59 Å². The number of likely N-dealkylation sites (N-methyl/N-ethyl adjacent to an activating group) is 1. The monoisotopic (exact) mass is 561 g/mol. The Morgan fingerprint density at radius 2 is 1.79 bits per heavy atom. The lowest BCUT2D eigenvalue weighted by atomic mass is 10.2. The summed E-state index contributed by atoms with van der Waals surface area (Å²) in [4.78, 5) is 47.7. The van der Waals surface area contributed by atoms with Crippen molar-refractivity contribution in [3.05, 3.63) is 83.4 Å². The molecule has 2 aromatic carbocycles. The second-order valence-corrected chi connectivity index (χ2v) is 10.1. The van der Waals surface area contributed by atoms with Gasteiger partial charge in [-0.1, -0.05) is 6.07 Å². The van der Waals surface area contributed by atoms with Gasteiger partial charge >= 0.3 is 0 Å². The van der Waals surface area contributed by atoms with Gasteiger partial charge in [-0.2, -0.15) is 9.50 Å². The number of hydrogen-bond donors (Lipinski definition) is 1. The molecule has 0 radical (unpaired) electrons. The molecule has 42 heavy (non-hydrogen) atoms. The molecule has 0 spiro atoms. The molecule has 0 aliphatic carbocycles. The van der Waals surface area contributed by atoms with Crippen LogP contribution in [-0.4, -0.2) is 80.2 Å². The minimum Gasteiger partial charge on any atom is -0.486 e. The lowest BCUT2D eigenvalue weighted by Crippen LogP contribution is -2.44. The van der Waals surface area contributed by atoms with Gasteiger partial charge in [-0.3, -0.25) is 9.59 Å². The van der Waals surface area contributed by atoms with Crippen LogP contribution in [0.1, 0.15) is 0 Å². The van der Waals surface area contributed by atoms with E-state index in [1.165, 1.54) is 16.4 Å². The third-order valence-electron chi connectivity index (χ3n) is 7.42. The van der Waals surface area contributed by atoms with Crippen molar-refractivity contribution >= 4 is 51.2 Å². The fourth-order valence-corrected chi connectivity index (χ4v) is 5.24. The molecule has 5 heterocycles. The normalized spacial score (nSPS) is 14.1. The Kier molecular flexibility index (Phi) is 6.44. The molecule has 1 aliphatic heterocycles. The number of aromatic nitrogens is 6. The zero-order chi connectivity index (χ0) is 28.6. The molecule has 12 nitrogen and oxygen atoms in total. The van der Waals surface area contributed by atoms with Gasteiger partial charge in [0.25, 0.3) is 5.56 Å². The number of fused-ring (bicyclic) bond motifs is 4. The van der Waals surface area contributed by atoms with Crippen molar-refractivity contribution in [3.8, 4) is 11.6 Å². The van der Waals surface area contributed by atoms with Crippen molar-refractivity contribution in [3.63, 3.8) is 0 Å². The molecule has 0 saturated carbocycles. The number of carbonyl (C=O) groups is 1. The Morgan fingerprint density at radius 3 is 2.55 bits per heavy atom. The van der Waals surface area contributed by atoms with E-state index in [2.05, 4.69) is 49.2 Å². The Hall–Kier alpha value is -5.36. The molecule has 0 atom stereocenters. The van der Waals surface area contributed by atoms with E-state index in [4.69, 9.17) is 9.72 Å². The van der Waals surface area contributed by atoms with E-state index in [0.717, 1.165) is 31.9 Å². The molecule has 7 rings (SSSR count). The number of aldehydes is 1. The topological polar surface area (TPSA) is 123 Å². The zero-order valence-electron chi connectivity index (χ0n) is 22.8. The van der Waals surface area contributed by atoms with Gasteiger partial charge in [-0.25, -0.2) is 19.6 Å². The summed E-state index contributed by atoms with van der Waals surface area (Å²) in [7, 11) is 2.14. The predicted molar refractivity (Wildman–Crippen MR) is 160 cm³/mol. The fraction of sp³-hybridized carbons (Fsp3) is 0.200. The largest absolute Gasteiger partial charge is 0.486 e. The van der Waals surface area contributed by atoms with Gasteiger partial charge in [0, 0.05) is 61.4 Å². The van der Waals surface area contributed by atoms with Gasteiger partial charge in [0.2, 0.25) is 5.95 Å². The summed E-state index contributed by atoms with van der Waals surface area (Å²) in [6, 6.07) is 18.9. The molecule has 0 unspecified atom stereocenters. The van der Waals surface area contributed by atoms with Crippen LogP contribution in [0.2, 0.25) is 0 Å². The summed E-state index contributed by atoms with van der Waals surface area (Å²) < 4.78 is 8.68. The van der Waals surface area contributed by atoms with Crippen LogP contribution in [0.3, 0.4) is 0 Å². The minimum atomic E-state index is -0.338. The molecular formula is C30H27N9O3. The van der Waals surface area contributed by atoms with Gasteiger partial charge in [-0.15, -0.1) is 0 Å². The maximum absolute atomic E-state index is 13.9. The van der Waals surface area contributed by atoms with Gasteiger partial charge in [-0.05, 0) is 55.6 Å². The predicted octanol–water partition coefficient (Wildman–Crippen LogP) is 3.05. The zero-order valence-corrected chi connectivity index (χ0v) is 22.8. The molecule has 1 N–H and O–H groups in total. The third kappa shape index (κ3) is 4.57. The summed E-state index contributed by atoms with van der Waals surface area (Å²) in [5.74, 6) is 1.34. The highest BCUT2D eigenvalue weighted by atomic mass is 16.5. The maximum atomic E-state index is 13.9. The van der Waals surface area contributed by atoms with Crippen LogP contribution in [-0.2, 0) is 4.79 Å². The van der Waals surface area contributed by atoms with Gasteiger partial charge in [0.1, 0.15) is 17.7 Å². The molecule has 6 aromatic rings. The Labute approximate surface area is 239 Å². The number of nitrogens with one attached hydrogen (secondary N) is 1. The van der Waals surface area contributed by atoms with Crippen molar-refractivity contribution in [2.75, 3.05) is 50.1 Å². The highest BCUT2D eigenvalue weighted by molar-refractivity contribution is 5.96. The lowest BCUT2D eigenvalue weighted by molar-refractivity contribution is -0.109. The molecule has 4 aromatic heterocycles. The van der Waals surface area contributed by atoms with Crippen molar-refractivity contribution in [2.45, 2.75) is 0 Å². The van der Waals surface area contributed by atoms with E-state index >= 15 is 0 Å². The van der Waals surface area contributed by atoms with Crippen molar-refractivity contribution in [1.82, 2.24) is 34.0 Å². The average Bonchev–Trinajstić information content (AvgIpc) is 3.35. The first-order chi connectivity index (χ1) is 20.6. The summed E-state index contributed by atoms with van der Waals surface area (Å²) in [6.45, 7) is 4.00. The first kappa shape index (κ1) is 25.6. The molecule has 0 bridgehead atoms. The van der Waals surface area contributed by atoms with Crippen LogP contribution in [0.4, 0.5) is 17.3 Å². The molecule has 0 amide bonds. The first-order valence-electron chi connectivity index (χ1n) is 13.6. The van der Waals surface area contributed by atoms with E-state index in [-0.39, 0.29) is 23.2 Å².